The molecule has 1 aliphatic carbocycles. The first-order valence-electron chi connectivity index (χ1n) is 7.72. The lowest BCUT2D eigenvalue weighted by Gasteiger charge is -2.37. The lowest BCUT2D eigenvalue weighted by Crippen LogP contribution is -2.47. The van der Waals surface area contributed by atoms with Crippen molar-refractivity contribution in [2.75, 3.05) is 39.1 Å². The quantitative estimate of drug-likeness (QED) is 0.705. The van der Waals surface area contributed by atoms with Crippen molar-refractivity contribution < 1.29 is 13.2 Å². The Morgan fingerprint density at radius 2 is 2.00 bits per heavy atom. The molecule has 6 heteroatoms. The topological polar surface area (TPSA) is 67.4 Å². The lowest BCUT2D eigenvalue weighted by molar-refractivity contribution is 0.0577. The van der Waals surface area contributed by atoms with Crippen LogP contribution in [0.25, 0.3) is 0 Å². The van der Waals surface area contributed by atoms with Crippen LogP contribution in [0.3, 0.4) is 0 Å². The van der Waals surface area contributed by atoms with Crippen molar-refractivity contribution in [2.45, 2.75) is 38.5 Å². The molecule has 2 N–H and O–H groups in total. The SMILES string of the molecule is COCC1(CNS(=O)(=O)CCC2CCC2)CCNCC1. The van der Waals surface area contributed by atoms with Gasteiger partial charge in [-0.05, 0) is 38.3 Å². The van der Waals surface area contributed by atoms with Crippen LogP contribution in [0.1, 0.15) is 38.5 Å². The number of hydrogen-bond acceptors (Lipinski definition) is 4. The van der Waals surface area contributed by atoms with E-state index in [4.69, 9.17) is 4.74 Å². The first kappa shape index (κ1) is 16.2. The van der Waals surface area contributed by atoms with E-state index in [1.165, 1.54) is 19.3 Å². The number of piperidine rings is 1. The average Bonchev–Trinajstić information content (AvgIpc) is 2.36. The normalized spacial score (nSPS) is 23.4. The maximum absolute atomic E-state index is 12.1. The smallest absolute Gasteiger partial charge is 0.211 e. The minimum absolute atomic E-state index is 0.0382. The van der Waals surface area contributed by atoms with Crippen molar-refractivity contribution in [3.8, 4) is 0 Å². The van der Waals surface area contributed by atoms with E-state index < -0.39 is 10.0 Å². The third-order valence-electron chi connectivity index (χ3n) is 4.80. The fourth-order valence-electron chi connectivity index (χ4n) is 3.07. The van der Waals surface area contributed by atoms with Gasteiger partial charge in [0.2, 0.25) is 10.0 Å². The van der Waals surface area contributed by atoms with E-state index in [-0.39, 0.29) is 11.2 Å². The fourth-order valence-corrected chi connectivity index (χ4v) is 4.39. The summed E-state index contributed by atoms with van der Waals surface area (Å²) >= 11 is 0. The summed E-state index contributed by atoms with van der Waals surface area (Å²) in [7, 11) is -1.45. The minimum Gasteiger partial charge on any atom is -0.384 e. The molecule has 5 nitrogen and oxygen atoms in total. The molecule has 2 fully saturated rings. The largest absolute Gasteiger partial charge is 0.384 e. The molecular weight excluding hydrogens is 276 g/mol. The van der Waals surface area contributed by atoms with E-state index in [0.717, 1.165) is 32.4 Å². The van der Waals surface area contributed by atoms with Gasteiger partial charge < -0.3 is 10.1 Å². The second kappa shape index (κ2) is 7.20. The first-order chi connectivity index (χ1) is 9.55. The standard InChI is InChI=1S/C14H28N2O3S/c1-19-12-14(6-8-15-9-7-14)11-16-20(17,18)10-5-13-3-2-4-13/h13,15-16H,2-12H2,1H3. The molecule has 0 atom stereocenters. The van der Waals surface area contributed by atoms with Crippen LogP contribution in [0.4, 0.5) is 0 Å². The van der Waals surface area contributed by atoms with E-state index in [2.05, 4.69) is 10.0 Å². The molecular formula is C14H28N2O3S. The molecule has 0 radical (unpaired) electrons. The zero-order valence-electron chi connectivity index (χ0n) is 12.5. The molecule has 0 bridgehead atoms. The van der Waals surface area contributed by atoms with Crippen molar-refractivity contribution in [1.29, 1.82) is 0 Å². The van der Waals surface area contributed by atoms with Crippen LogP contribution in [0.2, 0.25) is 0 Å². The van der Waals surface area contributed by atoms with Crippen LogP contribution in [-0.2, 0) is 14.8 Å². The molecule has 118 valence electrons. The molecule has 0 amide bonds. The molecule has 1 saturated carbocycles. The summed E-state index contributed by atoms with van der Waals surface area (Å²) < 4.78 is 32.3. The Hall–Kier alpha value is -0.170. The van der Waals surface area contributed by atoms with Crippen LogP contribution >= 0.6 is 0 Å². The third kappa shape index (κ3) is 4.69. The lowest BCUT2D eigenvalue weighted by atomic mass is 9.80. The molecule has 2 rings (SSSR count). The zero-order chi connectivity index (χ0) is 14.5. The summed E-state index contributed by atoms with van der Waals surface area (Å²) in [5.74, 6) is 0.914. The zero-order valence-corrected chi connectivity index (χ0v) is 13.3. The number of ether oxygens (including phenoxy) is 1. The van der Waals surface area contributed by atoms with Gasteiger partial charge in [0.1, 0.15) is 0 Å². The highest BCUT2D eigenvalue weighted by molar-refractivity contribution is 7.89. The molecule has 1 heterocycles. The third-order valence-corrected chi connectivity index (χ3v) is 6.16. The summed E-state index contributed by atoms with van der Waals surface area (Å²) in [5.41, 5.74) is -0.0382. The molecule has 2 aliphatic rings. The number of nitrogens with one attached hydrogen (secondary N) is 2. The van der Waals surface area contributed by atoms with Crippen molar-refractivity contribution in [1.82, 2.24) is 10.0 Å². The second-order valence-corrected chi connectivity index (χ2v) is 8.34. The van der Waals surface area contributed by atoms with Gasteiger partial charge in [-0.25, -0.2) is 13.1 Å². The Labute approximate surface area is 122 Å². The van der Waals surface area contributed by atoms with E-state index in [1.807, 2.05) is 0 Å². The van der Waals surface area contributed by atoms with Gasteiger partial charge in [-0.2, -0.15) is 0 Å². The molecule has 0 unspecified atom stereocenters. The van der Waals surface area contributed by atoms with Gasteiger partial charge in [0.25, 0.3) is 0 Å². The molecule has 20 heavy (non-hydrogen) atoms. The highest BCUT2D eigenvalue weighted by Gasteiger charge is 2.33. The van der Waals surface area contributed by atoms with Gasteiger partial charge in [0.15, 0.2) is 0 Å². The summed E-state index contributed by atoms with van der Waals surface area (Å²) in [5, 5.41) is 3.32. The predicted octanol–water partition coefficient (Wildman–Crippen LogP) is 1.11. The molecule has 1 aliphatic heterocycles. The van der Waals surface area contributed by atoms with Crippen molar-refractivity contribution in [3.05, 3.63) is 0 Å². The monoisotopic (exact) mass is 304 g/mol. The summed E-state index contributed by atoms with van der Waals surface area (Å²) in [4.78, 5) is 0. The molecule has 0 aromatic carbocycles. The van der Waals surface area contributed by atoms with Gasteiger partial charge >= 0.3 is 0 Å². The molecule has 1 saturated heterocycles. The summed E-state index contributed by atoms with van der Waals surface area (Å²) in [6, 6.07) is 0. The van der Waals surface area contributed by atoms with E-state index in [1.54, 1.807) is 7.11 Å². The Morgan fingerprint density at radius 1 is 1.30 bits per heavy atom. The van der Waals surface area contributed by atoms with Gasteiger partial charge in [0, 0.05) is 19.1 Å². The van der Waals surface area contributed by atoms with Gasteiger partial charge in [-0.1, -0.05) is 19.3 Å². The first-order valence-corrected chi connectivity index (χ1v) is 9.37. The Morgan fingerprint density at radius 3 is 2.55 bits per heavy atom. The number of methoxy groups -OCH3 is 1. The Bertz CT molecular complexity index is 382. The van der Waals surface area contributed by atoms with Gasteiger partial charge in [0.05, 0.1) is 12.4 Å². The van der Waals surface area contributed by atoms with E-state index in [0.29, 0.717) is 19.1 Å². The highest BCUT2D eigenvalue weighted by atomic mass is 32.2. The van der Waals surface area contributed by atoms with Gasteiger partial charge in [-0.15, -0.1) is 0 Å². The van der Waals surface area contributed by atoms with Crippen LogP contribution < -0.4 is 10.0 Å². The van der Waals surface area contributed by atoms with E-state index >= 15 is 0 Å². The summed E-state index contributed by atoms with van der Waals surface area (Å²) in [6.07, 6.45) is 6.41. The van der Waals surface area contributed by atoms with Crippen LogP contribution in [0.5, 0.6) is 0 Å². The Balaban J connectivity index is 1.80. The summed E-state index contributed by atoms with van der Waals surface area (Å²) in [6.45, 7) is 3.01. The minimum atomic E-state index is -3.13. The number of sulfonamides is 1. The maximum Gasteiger partial charge on any atom is 0.211 e. The highest BCUT2D eigenvalue weighted by Crippen LogP contribution is 2.30. The van der Waals surface area contributed by atoms with Crippen molar-refractivity contribution in [3.63, 3.8) is 0 Å². The number of rotatable bonds is 8. The molecule has 0 aromatic heterocycles. The van der Waals surface area contributed by atoms with Crippen molar-refractivity contribution >= 4 is 10.0 Å². The molecule has 0 spiro atoms. The predicted molar refractivity (Wildman–Crippen MR) is 80.2 cm³/mol. The van der Waals surface area contributed by atoms with Crippen LogP contribution in [-0.4, -0.2) is 47.5 Å². The van der Waals surface area contributed by atoms with E-state index in [9.17, 15) is 8.42 Å². The van der Waals surface area contributed by atoms with Crippen LogP contribution in [0, 0.1) is 11.3 Å². The average molecular weight is 304 g/mol. The molecule has 0 aromatic rings. The van der Waals surface area contributed by atoms with Crippen molar-refractivity contribution in [2.24, 2.45) is 11.3 Å². The second-order valence-electron chi connectivity index (χ2n) is 6.41. The Kier molecular flexibility index (Phi) is 5.84. The van der Waals surface area contributed by atoms with Crippen LogP contribution in [0.15, 0.2) is 0 Å². The number of hydrogen-bond donors (Lipinski definition) is 2. The maximum atomic E-state index is 12.1. The van der Waals surface area contributed by atoms with Gasteiger partial charge in [-0.3, -0.25) is 0 Å². The fraction of sp³-hybridized carbons (Fsp3) is 1.00.